The number of benzene rings is 2. The van der Waals surface area contributed by atoms with Gasteiger partial charge < -0.3 is 10.1 Å². The number of halogens is 3. The van der Waals surface area contributed by atoms with E-state index in [-0.39, 0.29) is 17.3 Å². The summed E-state index contributed by atoms with van der Waals surface area (Å²) in [4.78, 5) is 0.287. The number of para-hydroxylation sites is 1. The highest BCUT2D eigenvalue weighted by Gasteiger charge is 2.35. The molecule has 0 spiro atoms. The summed E-state index contributed by atoms with van der Waals surface area (Å²) in [5, 5.41) is 2.98. The summed E-state index contributed by atoms with van der Waals surface area (Å²) >= 11 is 4.05. The van der Waals surface area contributed by atoms with Crippen molar-refractivity contribution in [3.05, 3.63) is 53.1 Å². The monoisotopic (exact) mass is 327 g/mol. The van der Waals surface area contributed by atoms with Crippen LogP contribution in [0, 0.1) is 6.92 Å². The Hall–Kier alpha value is -1.82. The highest BCUT2D eigenvalue weighted by atomic mass is 32.1. The topological polar surface area (TPSA) is 21.3 Å². The molecule has 0 radical (unpaired) electrons. The van der Waals surface area contributed by atoms with Gasteiger partial charge in [-0.05, 0) is 30.7 Å². The van der Waals surface area contributed by atoms with Gasteiger partial charge in [0.1, 0.15) is 12.4 Å². The summed E-state index contributed by atoms with van der Waals surface area (Å²) in [7, 11) is 1.75. The molecule has 118 valence electrons. The zero-order valence-corrected chi connectivity index (χ0v) is 13.1. The Morgan fingerprint density at radius 2 is 1.86 bits per heavy atom. The van der Waals surface area contributed by atoms with Crippen LogP contribution in [0.3, 0.4) is 0 Å². The average Bonchev–Trinajstić information content (AvgIpc) is 2.47. The van der Waals surface area contributed by atoms with Crippen molar-refractivity contribution in [2.45, 2.75) is 24.6 Å². The molecular weight excluding hydrogens is 311 g/mol. The first-order chi connectivity index (χ1) is 10.3. The quantitative estimate of drug-likeness (QED) is 0.778. The van der Waals surface area contributed by atoms with Crippen LogP contribution < -0.4 is 10.1 Å². The molecule has 0 fully saturated rings. The molecule has 0 aliphatic rings. The van der Waals surface area contributed by atoms with Crippen molar-refractivity contribution in [2.24, 2.45) is 0 Å². The molecule has 0 saturated carbocycles. The van der Waals surface area contributed by atoms with Gasteiger partial charge >= 0.3 is 6.18 Å². The van der Waals surface area contributed by atoms with Crippen molar-refractivity contribution in [1.29, 1.82) is 0 Å². The van der Waals surface area contributed by atoms with Gasteiger partial charge in [0.05, 0.1) is 5.56 Å². The molecule has 2 rings (SSSR count). The second-order valence-corrected chi connectivity index (χ2v) is 5.31. The zero-order valence-electron chi connectivity index (χ0n) is 12.2. The van der Waals surface area contributed by atoms with E-state index in [2.05, 4.69) is 17.9 Å². The van der Waals surface area contributed by atoms with Crippen molar-refractivity contribution in [1.82, 2.24) is 0 Å². The van der Waals surface area contributed by atoms with Crippen LogP contribution in [0.5, 0.6) is 5.75 Å². The van der Waals surface area contributed by atoms with Crippen molar-refractivity contribution in [3.8, 4) is 5.75 Å². The van der Waals surface area contributed by atoms with Crippen LogP contribution in [0.4, 0.5) is 18.9 Å². The molecule has 6 heteroatoms. The second-order valence-electron chi connectivity index (χ2n) is 4.83. The molecule has 0 heterocycles. The van der Waals surface area contributed by atoms with E-state index in [9.17, 15) is 13.2 Å². The molecule has 0 unspecified atom stereocenters. The maximum Gasteiger partial charge on any atom is 0.420 e. The van der Waals surface area contributed by atoms with Crippen molar-refractivity contribution in [2.75, 3.05) is 12.4 Å². The minimum atomic E-state index is -4.48. The SMILES string of the molecule is CNc1ccccc1COc1cc(C)c(S)cc1C(F)(F)F. The highest BCUT2D eigenvalue weighted by Crippen LogP contribution is 2.39. The molecule has 0 aromatic heterocycles. The van der Waals surface area contributed by atoms with Crippen molar-refractivity contribution < 1.29 is 17.9 Å². The van der Waals surface area contributed by atoms with Gasteiger partial charge in [0, 0.05) is 23.2 Å². The van der Waals surface area contributed by atoms with Crippen LogP contribution in [0.1, 0.15) is 16.7 Å². The summed E-state index contributed by atoms with van der Waals surface area (Å²) in [6.45, 7) is 1.74. The third kappa shape index (κ3) is 3.68. The van der Waals surface area contributed by atoms with Crippen LogP contribution in [0.25, 0.3) is 0 Å². The maximum absolute atomic E-state index is 13.1. The van der Waals surface area contributed by atoms with E-state index in [1.54, 1.807) is 20.0 Å². The summed E-state index contributed by atoms with van der Waals surface area (Å²) in [5.74, 6) is -0.186. The van der Waals surface area contributed by atoms with Gasteiger partial charge in [0.25, 0.3) is 0 Å². The number of hydrogen-bond donors (Lipinski definition) is 2. The summed E-state index contributed by atoms with van der Waals surface area (Å²) in [6.07, 6.45) is -4.48. The Morgan fingerprint density at radius 1 is 1.18 bits per heavy atom. The Balaban J connectivity index is 2.31. The lowest BCUT2D eigenvalue weighted by Gasteiger charge is -2.17. The largest absolute Gasteiger partial charge is 0.488 e. The third-order valence-corrected chi connectivity index (χ3v) is 3.76. The van der Waals surface area contributed by atoms with Crippen LogP contribution >= 0.6 is 12.6 Å². The predicted octanol–water partition coefficient (Wildman–Crippen LogP) is 4.92. The number of ether oxygens (including phenoxy) is 1. The number of hydrogen-bond acceptors (Lipinski definition) is 3. The molecule has 2 nitrogen and oxygen atoms in total. The van der Waals surface area contributed by atoms with E-state index in [0.717, 1.165) is 17.3 Å². The van der Waals surface area contributed by atoms with Crippen LogP contribution in [-0.4, -0.2) is 7.05 Å². The fraction of sp³-hybridized carbons (Fsp3) is 0.250. The number of nitrogens with one attached hydrogen (secondary N) is 1. The number of alkyl halides is 3. The molecule has 0 bridgehead atoms. The standard InChI is InChI=1S/C16H16F3NOS/c1-10-7-14(12(8-15(10)22)16(17,18)19)21-9-11-5-3-4-6-13(11)20-2/h3-8,20,22H,9H2,1-2H3. The van der Waals surface area contributed by atoms with Gasteiger partial charge in [-0.2, -0.15) is 13.2 Å². The predicted molar refractivity (Wildman–Crippen MR) is 83.8 cm³/mol. The van der Waals surface area contributed by atoms with E-state index in [1.165, 1.54) is 6.07 Å². The van der Waals surface area contributed by atoms with Crippen molar-refractivity contribution in [3.63, 3.8) is 0 Å². The van der Waals surface area contributed by atoms with Crippen LogP contribution in [0.2, 0.25) is 0 Å². The number of anilines is 1. The molecule has 0 aliphatic heterocycles. The van der Waals surface area contributed by atoms with Gasteiger partial charge in [-0.15, -0.1) is 12.6 Å². The maximum atomic E-state index is 13.1. The molecule has 0 amide bonds. The van der Waals surface area contributed by atoms with Gasteiger partial charge in [0.2, 0.25) is 0 Å². The molecule has 0 saturated heterocycles. The van der Waals surface area contributed by atoms with Crippen LogP contribution in [-0.2, 0) is 12.8 Å². The normalized spacial score (nSPS) is 11.4. The van der Waals surface area contributed by atoms with E-state index in [4.69, 9.17) is 4.74 Å². The zero-order chi connectivity index (χ0) is 16.3. The molecule has 0 aliphatic carbocycles. The lowest BCUT2D eigenvalue weighted by atomic mass is 10.1. The lowest BCUT2D eigenvalue weighted by molar-refractivity contribution is -0.139. The van der Waals surface area contributed by atoms with E-state index in [0.29, 0.717) is 5.56 Å². The summed E-state index contributed by atoms with van der Waals surface area (Å²) < 4.78 is 44.7. The van der Waals surface area contributed by atoms with E-state index in [1.807, 2.05) is 18.2 Å². The van der Waals surface area contributed by atoms with Crippen molar-refractivity contribution >= 4 is 18.3 Å². The van der Waals surface area contributed by atoms with Crippen LogP contribution in [0.15, 0.2) is 41.3 Å². The van der Waals surface area contributed by atoms with E-state index >= 15 is 0 Å². The fourth-order valence-electron chi connectivity index (χ4n) is 2.06. The summed E-state index contributed by atoms with van der Waals surface area (Å²) in [6, 6.07) is 9.66. The first-order valence-corrected chi connectivity index (χ1v) is 7.07. The first kappa shape index (κ1) is 16.5. The smallest absolute Gasteiger partial charge is 0.420 e. The molecule has 1 N–H and O–H groups in total. The summed E-state index contributed by atoms with van der Waals surface area (Å²) in [5.41, 5.74) is 1.42. The lowest BCUT2D eigenvalue weighted by Crippen LogP contribution is -2.10. The molecule has 2 aromatic carbocycles. The first-order valence-electron chi connectivity index (χ1n) is 6.62. The van der Waals surface area contributed by atoms with Gasteiger partial charge in [-0.25, -0.2) is 0 Å². The molecule has 2 aromatic rings. The minimum Gasteiger partial charge on any atom is -0.488 e. The number of thiol groups is 1. The van der Waals surface area contributed by atoms with E-state index < -0.39 is 11.7 Å². The fourth-order valence-corrected chi connectivity index (χ4v) is 2.25. The molecule has 0 atom stereocenters. The third-order valence-electron chi connectivity index (χ3n) is 3.27. The minimum absolute atomic E-state index is 0.0471. The molecule has 22 heavy (non-hydrogen) atoms. The molecular formula is C16H16F3NOS. The average molecular weight is 327 g/mol. The Kier molecular flexibility index (Phi) is 4.90. The Labute approximate surface area is 132 Å². The number of rotatable bonds is 4. The second kappa shape index (κ2) is 6.52. The van der Waals surface area contributed by atoms with Gasteiger partial charge in [0.15, 0.2) is 0 Å². The highest BCUT2D eigenvalue weighted by molar-refractivity contribution is 7.80. The Bertz CT molecular complexity index is 671. The Morgan fingerprint density at radius 3 is 2.50 bits per heavy atom. The van der Waals surface area contributed by atoms with Gasteiger partial charge in [-0.3, -0.25) is 0 Å². The number of aryl methyl sites for hydroxylation is 1. The van der Waals surface area contributed by atoms with Gasteiger partial charge in [-0.1, -0.05) is 18.2 Å².